The Hall–Kier alpha value is -1.68. The third-order valence-electron chi connectivity index (χ3n) is 2.32. The molecule has 0 fully saturated rings. The molecule has 0 bridgehead atoms. The zero-order valence-electron chi connectivity index (χ0n) is 9.25. The number of hydrogen-bond acceptors (Lipinski definition) is 3. The van der Waals surface area contributed by atoms with Crippen LogP contribution in [0.15, 0.2) is 28.7 Å². The molecule has 16 heavy (non-hydrogen) atoms. The topological polar surface area (TPSA) is 38.1 Å². The van der Waals surface area contributed by atoms with Crippen molar-refractivity contribution in [2.24, 2.45) is 0 Å². The SMILES string of the molecule is CNCc1oc(-c2ccc(F)cc2)nc1C. The molecule has 0 saturated carbocycles. The summed E-state index contributed by atoms with van der Waals surface area (Å²) in [6, 6.07) is 6.10. The van der Waals surface area contributed by atoms with Crippen LogP contribution in [-0.2, 0) is 6.54 Å². The molecular formula is C12H13FN2O. The Morgan fingerprint density at radius 1 is 1.31 bits per heavy atom. The summed E-state index contributed by atoms with van der Waals surface area (Å²) in [7, 11) is 1.85. The van der Waals surface area contributed by atoms with Crippen molar-refractivity contribution in [1.82, 2.24) is 10.3 Å². The summed E-state index contributed by atoms with van der Waals surface area (Å²) < 4.78 is 18.3. The molecule has 0 aliphatic heterocycles. The van der Waals surface area contributed by atoms with E-state index in [2.05, 4.69) is 10.3 Å². The summed E-state index contributed by atoms with van der Waals surface area (Å²) >= 11 is 0. The first kappa shape index (κ1) is 10.8. The minimum absolute atomic E-state index is 0.262. The zero-order valence-corrected chi connectivity index (χ0v) is 9.25. The van der Waals surface area contributed by atoms with Crippen molar-refractivity contribution < 1.29 is 8.81 Å². The second-order valence-corrected chi connectivity index (χ2v) is 3.56. The Morgan fingerprint density at radius 3 is 2.62 bits per heavy atom. The van der Waals surface area contributed by atoms with Gasteiger partial charge in [0.05, 0.1) is 12.2 Å². The highest BCUT2D eigenvalue weighted by atomic mass is 19.1. The lowest BCUT2D eigenvalue weighted by Gasteiger charge is -1.95. The molecule has 0 radical (unpaired) electrons. The van der Waals surface area contributed by atoms with E-state index >= 15 is 0 Å². The van der Waals surface area contributed by atoms with Gasteiger partial charge in [-0.3, -0.25) is 0 Å². The molecule has 2 aromatic rings. The van der Waals surface area contributed by atoms with Crippen LogP contribution in [0.3, 0.4) is 0 Å². The quantitative estimate of drug-likeness (QED) is 0.863. The average molecular weight is 220 g/mol. The van der Waals surface area contributed by atoms with E-state index in [0.29, 0.717) is 12.4 Å². The minimum atomic E-state index is -0.262. The number of aromatic nitrogens is 1. The first-order valence-electron chi connectivity index (χ1n) is 5.07. The van der Waals surface area contributed by atoms with Crippen LogP contribution < -0.4 is 5.32 Å². The highest BCUT2D eigenvalue weighted by Gasteiger charge is 2.10. The van der Waals surface area contributed by atoms with Crippen LogP contribution in [0.2, 0.25) is 0 Å². The third kappa shape index (κ3) is 2.12. The van der Waals surface area contributed by atoms with Crippen LogP contribution in [0.25, 0.3) is 11.5 Å². The van der Waals surface area contributed by atoms with E-state index in [9.17, 15) is 4.39 Å². The highest BCUT2D eigenvalue weighted by Crippen LogP contribution is 2.21. The van der Waals surface area contributed by atoms with E-state index < -0.39 is 0 Å². The molecule has 0 aliphatic rings. The Labute approximate surface area is 93.3 Å². The highest BCUT2D eigenvalue weighted by molar-refractivity contribution is 5.53. The smallest absolute Gasteiger partial charge is 0.226 e. The number of hydrogen-bond donors (Lipinski definition) is 1. The van der Waals surface area contributed by atoms with E-state index in [1.165, 1.54) is 12.1 Å². The monoisotopic (exact) mass is 220 g/mol. The van der Waals surface area contributed by atoms with Crippen molar-refractivity contribution in [3.63, 3.8) is 0 Å². The number of halogens is 1. The van der Waals surface area contributed by atoms with Crippen LogP contribution in [-0.4, -0.2) is 12.0 Å². The molecule has 84 valence electrons. The second kappa shape index (κ2) is 4.45. The van der Waals surface area contributed by atoms with E-state index in [1.54, 1.807) is 12.1 Å². The summed E-state index contributed by atoms with van der Waals surface area (Å²) in [5, 5.41) is 3.00. The molecule has 1 aromatic carbocycles. The van der Waals surface area contributed by atoms with E-state index in [-0.39, 0.29) is 5.82 Å². The fourth-order valence-corrected chi connectivity index (χ4v) is 1.47. The summed E-state index contributed by atoms with van der Waals surface area (Å²) in [6.45, 7) is 2.53. The van der Waals surface area contributed by atoms with Gasteiger partial charge in [-0.05, 0) is 38.2 Å². The average Bonchev–Trinajstić information content (AvgIpc) is 2.62. The van der Waals surface area contributed by atoms with Crippen molar-refractivity contribution in [2.45, 2.75) is 13.5 Å². The van der Waals surface area contributed by atoms with Crippen molar-refractivity contribution in [1.29, 1.82) is 0 Å². The van der Waals surface area contributed by atoms with Gasteiger partial charge >= 0.3 is 0 Å². The lowest BCUT2D eigenvalue weighted by Crippen LogP contribution is -2.04. The number of benzene rings is 1. The van der Waals surface area contributed by atoms with Crippen LogP contribution >= 0.6 is 0 Å². The number of aryl methyl sites for hydroxylation is 1. The lowest BCUT2D eigenvalue weighted by atomic mass is 10.2. The maximum atomic E-state index is 12.7. The summed E-state index contributed by atoms with van der Waals surface area (Å²) in [5.41, 5.74) is 1.64. The Morgan fingerprint density at radius 2 is 2.00 bits per heavy atom. The molecule has 1 N–H and O–H groups in total. The fourth-order valence-electron chi connectivity index (χ4n) is 1.47. The van der Waals surface area contributed by atoms with E-state index in [1.807, 2.05) is 14.0 Å². The predicted molar refractivity (Wildman–Crippen MR) is 59.4 cm³/mol. The molecule has 0 unspecified atom stereocenters. The Bertz CT molecular complexity index is 476. The van der Waals surface area contributed by atoms with Gasteiger partial charge in [0.1, 0.15) is 11.6 Å². The van der Waals surface area contributed by atoms with E-state index in [4.69, 9.17) is 4.42 Å². The van der Waals surface area contributed by atoms with Gasteiger partial charge in [-0.25, -0.2) is 9.37 Å². The number of nitrogens with one attached hydrogen (secondary N) is 1. The first-order valence-corrected chi connectivity index (χ1v) is 5.07. The van der Waals surface area contributed by atoms with Crippen molar-refractivity contribution in [3.8, 4) is 11.5 Å². The number of rotatable bonds is 3. The van der Waals surface area contributed by atoms with Crippen molar-refractivity contribution in [2.75, 3.05) is 7.05 Å². The molecule has 1 heterocycles. The predicted octanol–water partition coefficient (Wildman–Crippen LogP) is 2.51. The van der Waals surface area contributed by atoms with Gasteiger partial charge in [-0.2, -0.15) is 0 Å². The molecule has 0 aliphatic carbocycles. The summed E-state index contributed by atoms with van der Waals surface area (Å²) in [6.07, 6.45) is 0. The van der Waals surface area contributed by atoms with Crippen LogP contribution in [0, 0.1) is 12.7 Å². The standard InChI is InChI=1S/C12H13FN2O/c1-8-11(7-14-2)16-12(15-8)9-3-5-10(13)6-4-9/h3-6,14H,7H2,1-2H3. The largest absolute Gasteiger partial charge is 0.440 e. The van der Waals surface area contributed by atoms with Gasteiger partial charge in [-0.1, -0.05) is 0 Å². The minimum Gasteiger partial charge on any atom is -0.440 e. The maximum absolute atomic E-state index is 12.7. The number of oxazole rings is 1. The van der Waals surface area contributed by atoms with Crippen LogP contribution in [0.4, 0.5) is 4.39 Å². The lowest BCUT2D eigenvalue weighted by molar-refractivity contribution is 0.501. The fraction of sp³-hybridized carbons (Fsp3) is 0.250. The summed E-state index contributed by atoms with van der Waals surface area (Å²) in [4.78, 5) is 4.30. The first-order chi connectivity index (χ1) is 7.70. The molecule has 0 saturated heterocycles. The van der Waals surface area contributed by atoms with Gasteiger partial charge in [0.2, 0.25) is 5.89 Å². The van der Waals surface area contributed by atoms with E-state index in [0.717, 1.165) is 17.0 Å². The molecule has 4 heteroatoms. The number of nitrogens with zero attached hydrogens (tertiary/aromatic N) is 1. The zero-order chi connectivity index (χ0) is 11.5. The Kier molecular flexibility index (Phi) is 3.01. The van der Waals surface area contributed by atoms with Crippen molar-refractivity contribution >= 4 is 0 Å². The molecule has 0 amide bonds. The van der Waals surface area contributed by atoms with Crippen LogP contribution in [0.5, 0.6) is 0 Å². The van der Waals surface area contributed by atoms with Crippen LogP contribution in [0.1, 0.15) is 11.5 Å². The van der Waals surface area contributed by atoms with Gasteiger partial charge < -0.3 is 9.73 Å². The second-order valence-electron chi connectivity index (χ2n) is 3.56. The molecular weight excluding hydrogens is 207 g/mol. The molecule has 0 atom stereocenters. The van der Waals surface area contributed by atoms with Gasteiger partial charge in [0.25, 0.3) is 0 Å². The Balaban J connectivity index is 2.33. The van der Waals surface area contributed by atoms with Gasteiger partial charge in [0.15, 0.2) is 0 Å². The third-order valence-corrected chi connectivity index (χ3v) is 2.32. The van der Waals surface area contributed by atoms with Gasteiger partial charge in [-0.15, -0.1) is 0 Å². The molecule has 1 aromatic heterocycles. The molecule has 2 rings (SSSR count). The summed E-state index contributed by atoms with van der Waals surface area (Å²) in [5.74, 6) is 1.08. The van der Waals surface area contributed by atoms with Crippen molar-refractivity contribution in [3.05, 3.63) is 41.5 Å². The van der Waals surface area contributed by atoms with Gasteiger partial charge in [0, 0.05) is 5.56 Å². The molecule has 3 nitrogen and oxygen atoms in total. The maximum Gasteiger partial charge on any atom is 0.226 e. The molecule has 0 spiro atoms. The normalized spacial score (nSPS) is 10.7.